The Bertz CT molecular complexity index is 417. The van der Waals surface area contributed by atoms with Crippen molar-refractivity contribution in [2.45, 2.75) is 19.4 Å². The van der Waals surface area contributed by atoms with Gasteiger partial charge in [0.2, 0.25) is 0 Å². The van der Waals surface area contributed by atoms with Gasteiger partial charge in [0.25, 0.3) is 0 Å². The highest BCUT2D eigenvalue weighted by Gasteiger charge is 2.20. The monoisotopic (exact) mass is 237 g/mol. The van der Waals surface area contributed by atoms with Gasteiger partial charge in [0, 0.05) is 6.54 Å². The predicted octanol–water partition coefficient (Wildman–Crippen LogP) is 1.19. The fraction of sp³-hybridized carbons (Fsp3) is 0.333. The van der Waals surface area contributed by atoms with E-state index < -0.39 is 18.0 Å². The lowest BCUT2D eigenvalue weighted by Gasteiger charge is -2.16. The second kappa shape index (κ2) is 6.00. The molecule has 0 heterocycles. The predicted molar refractivity (Wildman–Crippen MR) is 61.8 cm³/mol. The molecule has 92 valence electrons. The van der Waals surface area contributed by atoms with Crippen molar-refractivity contribution in [3.05, 3.63) is 35.4 Å². The van der Waals surface area contributed by atoms with E-state index in [4.69, 9.17) is 10.2 Å². The van der Waals surface area contributed by atoms with Gasteiger partial charge in [0.05, 0.1) is 6.42 Å². The molecule has 0 radical (unpaired) electrons. The van der Waals surface area contributed by atoms with Gasteiger partial charge in [-0.3, -0.25) is 9.59 Å². The molecule has 0 aliphatic heterocycles. The van der Waals surface area contributed by atoms with Gasteiger partial charge in [0.1, 0.15) is 6.04 Å². The SMILES string of the molecule is Cc1ccccc1C(NCCC(=O)O)C(=O)O. The van der Waals surface area contributed by atoms with Crippen LogP contribution >= 0.6 is 0 Å². The minimum Gasteiger partial charge on any atom is -0.481 e. The average Bonchev–Trinajstić information content (AvgIpc) is 2.25. The molecule has 1 rings (SSSR count). The molecular formula is C12H15NO4. The summed E-state index contributed by atoms with van der Waals surface area (Å²) in [5.41, 5.74) is 1.52. The summed E-state index contributed by atoms with van der Waals surface area (Å²) in [6, 6.07) is 6.27. The maximum absolute atomic E-state index is 11.1. The molecule has 1 aromatic carbocycles. The van der Waals surface area contributed by atoms with Crippen molar-refractivity contribution < 1.29 is 19.8 Å². The van der Waals surface area contributed by atoms with Crippen molar-refractivity contribution in [1.82, 2.24) is 5.32 Å². The standard InChI is InChI=1S/C12H15NO4/c1-8-4-2-3-5-9(8)11(12(16)17)13-7-6-10(14)15/h2-5,11,13H,6-7H2,1H3,(H,14,15)(H,16,17). The van der Waals surface area contributed by atoms with Crippen LogP contribution in [0.15, 0.2) is 24.3 Å². The number of aliphatic carboxylic acids is 2. The highest BCUT2D eigenvalue weighted by Crippen LogP contribution is 2.17. The first-order chi connectivity index (χ1) is 8.02. The van der Waals surface area contributed by atoms with E-state index in [9.17, 15) is 9.59 Å². The Morgan fingerprint density at radius 3 is 2.47 bits per heavy atom. The Hall–Kier alpha value is -1.88. The van der Waals surface area contributed by atoms with Gasteiger partial charge >= 0.3 is 11.9 Å². The molecule has 0 aliphatic carbocycles. The lowest BCUT2D eigenvalue weighted by molar-refractivity contribution is -0.141. The number of nitrogens with one attached hydrogen (secondary N) is 1. The van der Waals surface area contributed by atoms with Crippen LogP contribution in [0.1, 0.15) is 23.6 Å². The van der Waals surface area contributed by atoms with Gasteiger partial charge in [-0.25, -0.2) is 0 Å². The Balaban J connectivity index is 2.76. The summed E-state index contributed by atoms with van der Waals surface area (Å²) in [4.78, 5) is 21.5. The third kappa shape index (κ3) is 3.88. The first-order valence-corrected chi connectivity index (χ1v) is 5.26. The van der Waals surface area contributed by atoms with Crippen molar-refractivity contribution in [1.29, 1.82) is 0 Å². The largest absolute Gasteiger partial charge is 0.481 e. The van der Waals surface area contributed by atoms with Crippen LogP contribution in [-0.4, -0.2) is 28.7 Å². The van der Waals surface area contributed by atoms with E-state index in [2.05, 4.69) is 5.32 Å². The zero-order valence-corrected chi connectivity index (χ0v) is 9.51. The molecular weight excluding hydrogens is 222 g/mol. The second-order valence-corrected chi connectivity index (χ2v) is 3.73. The van der Waals surface area contributed by atoms with E-state index in [0.717, 1.165) is 5.56 Å². The zero-order valence-electron chi connectivity index (χ0n) is 9.51. The number of carboxylic acids is 2. The molecule has 1 unspecified atom stereocenters. The fourth-order valence-electron chi connectivity index (χ4n) is 1.56. The number of rotatable bonds is 6. The van der Waals surface area contributed by atoms with Gasteiger partial charge in [0.15, 0.2) is 0 Å². The van der Waals surface area contributed by atoms with Crippen molar-refractivity contribution in [2.75, 3.05) is 6.54 Å². The molecule has 0 saturated heterocycles. The van der Waals surface area contributed by atoms with Crippen molar-refractivity contribution >= 4 is 11.9 Å². The average molecular weight is 237 g/mol. The molecule has 5 heteroatoms. The van der Waals surface area contributed by atoms with Gasteiger partial charge in [-0.2, -0.15) is 0 Å². The molecule has 3 N–H and O–H groups in total. The molecule has 0 bridgehead atoms. The van der Waals surface area contributed by atoms with E-state index in [1.807, 2.05) is 19.1 Å². The normalized spacial score (nSPS) is 12.1. The van der Waals surface area contributed by atoms with E-state index in [-0.39, 0.29) is 13.0 Å². The molecule has 0 fully saturated rings. The van der Waals surface area contributed by atoms with Gasteiger partial charge < -0.3 is 15.5 Å². The zero-order chi connectivity index (χ0) is 12.8. The van der Waals surface area contributed by atoms with Crippen LogP contribution in [0.25, 0.3) is 0 Å². The third-order valence-corrected chi connectivity index (χ3v) is 2.43. The Morgan fingerprint density at radius 1 is 1.29 bits per heavy atom. The fourth-order valence-corrected chi connectivity index (χ4v) is 1.56. The molecule has 0 amide bonds. The number of carbonyl (C=O) groups is 2. The van der Waals surface area contributed by atoms with E-state index >= 15 is 0 Å². The number of hydrogen-bond acceptors (Lipinski definition) is 3. The van der Waals surface area contributed by atoms with E-state index in [1.54, 1.807) is 12.1 Å². The summed E-state index contributed by atoms with van der Waals surface area (Å²) >= 11 is 0. The quantitative estimate of drug-likeness (QED) is 0.691. The first kappa shape index (κ1) is 13.2. The molecule has 0 aromatic heterocycles. The van der Waals surface area contributed by atoms with Crippen molar-refractivity contribution in [2.24, 2.45) is 0 Å². The van der Waals surface area contributed by atoms with Crippen LogP contribution in [0.2, 0.25) is 0 Å². The Kier molecular flexibility index (Phi) is 4.66. The third-order valence-electron chi connectivity index (χ3n) is 2.43. The summed E-state index contributed by atoms with van der Waals surface area (Å²) in [6.45, 7) is 1.95. The van der Waals surface area contributed by atoms with Gasteiger partial charge in [-0.05, 0) is 18.1 Å². The van der Waals surface area contributed by atoms with Gasteiger partial charge in [-0.1, -0.05) is 24.3 Å². The van der Waals surface area contributed by atoms with Gasteiger partial charge in [-0.15, -0.1) is 0 Å². The number of carboxylic acid groups (broad SMARTS) is 2. The van der Waals surface area contributed by atoms with Crippen LogP contribution in [0, 0.1) is 6.92 Å². The molecule has 1 atom stereocenters. The van der Waals surface area contributed by atoms with Crippen LogP contribution < -0.4 is 5.32 Å². The Labute approximate surface area is 99.1 Å². The van der Waals surface area contributed by atoms with Crippen LogP contribution in [0.3, 0.4) is 0 Å². The highest BCUT2D eigenvalue weighted by molar-refractivity contribution is 5.76. The van der Waals surface area contributed by atoms with Crippen LogP contribution in [0.4, 0.5) is 0 Å². The van der Waals surface area contributed by atoms with Crippen LogP contribution in [0.5, 0.6) is 0 Å². The summed E-state index contributed by atoms with van der Waals surface area (Å²) in [6.07, 6.45) is -0.102. The summed E-state index contributed by atoms with van der Waals surface area (Å²) in [5, 5.41) is 20.3. The van der Waals surface area contributed by atoms with Crippen LogP contribution in [-0.2, 0) is 9.59 Å². The second-order valence-electron chi connectivity index (χ2n) is 3.73. The minimum absolute atomic E-state index is 0.102. The summed E-state index contributed by atoms with van der Waals surface area (Å²) in [7, 11) is 0. The molecule has 0 saturated carbocycles. The Morgan fingerprint density at radius 2 is 1.94 bits per heavy atom. The lowest BCUT2D eigenvalue weighted by Crippen LogP contribution is -2.30. The molecule has 0 aliphatic rings. The summed E-state index contributed by atoms with van der Waals surface area (Å²) < 4.78 is 0. The minimum atomic E-state index is -1.01. The molecule has 17 heavy (non-hydrogen) atoms. The lowest BCUT2D eigenvalue weighted by atomic mass is 10.0. The number of hydrogen-bond donors (Lipinski definition) is 3. The maximum atomic E-state index is 11.1. The molecule has 0 spiro atoms. The number of aryl methyl sites for hydroxylation is 1. The molecule has 5 nitrogen and oxygen atoms in total. The van der Waals surface area contributed by atoms with Crippen molar-refractivity contribution in [3.63, 3.8) is 0 Å². The van der Waals surface area contributed by atoms with E-state index in [0.29, 0.717) is 5.56 Å². The number of benzene rings is 1. The highest BCUT2D eigenvalue weighted by atomic mass is 16.4. The maximum Gasteiger partial charge on any atom is 0.325 e. The van der Waals surface area contributed by atoms with Crippen molar-refractivity contribution in [3.8, 4) is 0 Å². The smallest absolute Gasteiger partial charge is 0.325 e. The topological polar surface area (TPSA) is 86.6 Å². The summed E-state index contributed by atoms with van der Waals surface area (Å²) in [5.74, 6) is -1.96. The molecule has 1 aromatic rings. The van der Waals surface area contributed by atoms with E-state index in [1.165, 1.54) is 0 Å². The first-order valence-electron chi connectivity index (χ1n) is 5.26.